The summed E-state index contributed by atoms with van der Waals surface area (Å²) in [7, 11) is -5.52. The summed E-state index contributed by atoms with van der Waals surface area (Å²) >= 11 is 0. The fourth-order valence-electron chi connectivity index (χ4n) is 4.71. The van der Waals surface area contributed by atoms with Crippen LogP contribution >= 0.6 is 0 Å². The molecule has 0 saturated carbocycles. The number of aromatic nitrogens is 4. The molecule has 0 aliphatic carbocycles. The Morgan fingerprint density at radius 2 is 1.84 bits per heavy atom. The Morgan fingerprint density at radius 1 is 1.12 bits per heavy atom. The van der Waals surface area contributed by atoms with Crippen molar-refractivity contribution in [1.82, 2.24) is 19.6 Å². The lowest BCUT2D eigenvalue weighted by molar-refractivity contribution is -0.0365. The second-order valence-electron chi connectivity index (χ2n) is 13.0. The number of fused-ring (bicyclic) bond motifs is 1. The van der Waals surface area contributed by atoms with Crippen LogP contribution in [0.2, 0.25) is 18.1 Å². The molecule has 11 nitrogen and oxygen atoms in total. The van der Waals surface area contributed by atoms with E-state index >= 15 is 0 Å². The average molecular weight is 637 g/mol. The van der Waals surface area contributed by atoms with Crippen LogP contribution < -0.4 is 4.43 Å². The molecule has 3 heterocycles. The summed E-state index contributed by atoms with van der Waals surface area (Å²) in [5.74, 6) is 0.859. The third-order valence-electron chi connectivity index (χ3n) is 8.03. The van der Waals surface area contributed by atoms with Gasteiger partial charge in [0.2, 0.25) is 8.32 Å². The summed E-state index contributed by atoms with van der Waals surface area (Å²) in [4.78, 5) is 0. The summed E-state index contributed by atoms with van der Waals surface area (Å²) in [5, 5.41) is 10.8. The highest BCUT2D eigenvalue weighted by Gasteiger charge is 2.39. The Hall–Kier alpha value is -2.29. The highest BCUT2D eigenvalue weighted by Crippen LogP contribution is 2.40. The van der Waals surface area contributed by atoms with Gasteiger partial charge in [-0.3, -0.25) is 8.86 Å². The molecular formula is C30H48N4O7SSi. The maximum atomic E-state index is 11.2. The molecular weight excluding hydrogens is 589 g/mol. The summed E-state index contributed by atoms with van der Waals surface area (Å²) in [6, 6.07) is 6.25. The zero-order chi connectivity index (χ0) is 31.4. The molecule has 1 fully saturated rings. The molecule has 0 bridgehead atoms. The molecule has 1 aliphatic rings. The van der Waals surface area contributed by atoms with Gasteiger partial charge in [0.15, 0.2) is 6.23 Å². The SMILES string of the molecule is C[C@H](COCCOC[C@H](C)n1cc(-c2nn(C3CCCCO3)c3ccc(O[Si](C)(C)C(C)(C)C)cc23)cn1)OS(C)(=O)=O. The monoisotopic (exact) mass is 636 g/mol. The standard InChI is InChI=1S/C30H48N4O7SSi/c1-22(20-37-15-16-38-21-23(2)40-42(6,35)36)33-19-24(18-31-33)29-26-17-25(41-43(7,8)30(3,4)5)12-13-27(26)34(32-29)28-11-9-10-14-39-28/h12-13,17-19,22-23,28H,9-11,14-16,20-21H2,1-8H3/t22-,23+,28?/m0/s1. The van der Waals surface area contributed by atoms with Crippen LogP contribution in [0.1, 0.15) is 66.2 Å². The maximum Gasteiger partial charge on any atom is 0.264 e. The van der Waals surface area contributed by atoms with E-state index in [1.807, 2.05) is 28.7 Å². The molecule has 0 radical (unpaired) electrons. The molecule has 0 spiro atoms. The van der Waals surface area contributed by atoms with Crippen LogP contribution in [0.3, 0.4) is 0 Å². The predicted octanol–water partition coefficient (Wildman–Crippen LogP) is 5.94. The van der Waals surface area contributed by atoms with Crippen molar-refractivity contribution in [2.45, 2.75) is 90.4 Å². The average Bonchev–Trinajstić information content (AvgIpc) is 3.54. The molecule has 4 rings (SSSR count). The topological polar surface area (TPSA) is 116 Å². The van der Waals surface area contributed by atoms with Gasteiger partial charge in [0.05, 0.1) is 56.5 Å². The van der Waals surface area contributed by atoms with Crippen molar-refractivity contribution in [3.8, 4) is 17.0 Å². The summed E-state index contributed by atoms with van der Waals surface area (Å²) < 4.78 is 55.2. The minimum atomic E-state index is -3.50. The lowest BCUT2D eigenvalue weighted by atomic mass is 10.1. The van der Waals surface area contributed by atoms with Crippen LogP contribution in [-0.2, 0) is 28.5 Å². The van der Waals surface area contributed by atoms with Crippen LogP contribution in [0, 0.1) is 0 Å². The van der Waals surface area contributed by atoms with Crippen LogP contribution in [0.4, 0.5) is 0 Å². The first-order valence-electron chi connectivity index (χ1n) is 15.1. The van der Waals surface area contributed by atoms with E-state index in [0.29, 0.717) is 19.8 Å². The van der Waals surface area contributed by atoms with Gasteiger partial charge in [0.1, 0.15) is 11.4 Å². The number of ether oxygens (including phenoxy) is 3. The molecule has 3 aromatic rings. The van der Waals surface area contributed by atoms with E-state index in [1.165, 1.54) is 0 Å². The minimum Gasteiger partial charge on any atom is -0.543 e. The van der Waals surface area contributed by atoms with Crippen LogP contribution in [-0.4, -0.2) is 81.7 Å². The van der Waals surface area contributed by atoms with Gasteiger partial charge in [-0.05, 0) is 69.4 Å². The van der Waals surface area contributed by atoms with Gasteiger partial charge in [-0.1, -0.05) is 20.8 Å². The van der Waals surface area contributed by atoms with Crippen molar-refractivity contribution >= 4 is 29.3 Å². The van der Waals surface area contributed by atoms with Gasteiger partial charge < -0.3 is 18.6 Å². The lowest BCUT2D eigenvalue weighted by Crippen LogP contribution is -2.43. The van der Waals surface area contributed by atoms with E-state index in [4.69, 9.17) is 27.9 Å². The third-order valence-corrected chi connectivity index (χ3v) is 13.1. The van der Waals surface area contributed by atoms with Crippen LogP contribution in [0.25, 0.3) is 22.2 Å². The van der Waals surface area contributed by atoms with E-state index in [1.54, 1.807) is 6.92 Å². The van der Waals surface area contributed by atoms with Crippen LogP contribution in [0.15, 0.2) is 30.6 Å². The first-order valence-corrected chi connectivity index (χ1v) is 19.8. The maximum absolute atomic E-state index is 11.2. The number of benzene rings is 1. The second kappa shape index (κ2) is 13.8. The highest BCUT2D eigenvalue weighted by molar-refractivity contribution is 7.86. The first kappa shape index (κ1) is 33.6. The van der Waals surface area contributed by atoms with E-state index in [0.717, 1.165) is 60.0 Å². The fraction of sp³-hybridized carbons (Fsp3) is 0.667. The van der Waals surface area contributed by atoms with E-state index in [2.05, 4.69) is 57.2 Å². The smallest absolute Gasteiger partial charge is 0.264 e. The van der Waals surface area contributed by atoms with Crippen molar-refractivity contribution in [1.29, 1.82) is 0 Å². The Kier molecular flexibility index (Phi) is 10.8. The third kappa shape index (κ3) is 8.89. The van der Waals surface area contributed by atoms with Gasteiger partial charge in [0.25, 0.3) is 10.1 Å². The Labute approximate surface area is 257 Å². The molecule has 1 aromatic carbocycles. The quantitative estimate of drug-likeness (QED) is 0.120. The summed E-state index contributed by atoms with van der Waals surface area (Å²) in [6.07, 6.45) is 7.35. The predicted molar refractivity (Wildman–Crippen MR) is 169 cm³/mol. The van der Waals surface area contributed by atoms with Gasteiger partial charge in [-0.15, -0.1) is 0 Å². The molecule has 1 saturated heterocycles. The lowest BCUT2D eigenvalue weighted by Gasteiger charge is -2.36. The van der Waals surface area contributed by atoms with E-state index in [9.17, 15) is 8.42 Å². The first-order chi connectivity index (χ1) is 20.1. The Balaban J connectivity index is 1.47. The highest BCUT2D eigenvalue weighted by atomic mass is 32.2. The summed E-state index contributed by atoms with van der Waals surface area (Å²) in [6.45, 7) is 17.0. The number of nitrogens with zero attached hydrogens (tertiary/aromatic N) is 4. The minimum absolute atomic E-state index is 0.0197. The molecule has 0 N–H and O–H groups in total. The molecule has 1 unspecified atom stereocenters. The van der Waals surface area contributed by atoms with Gasteiger partial charge in [-0.25, -0.2) is 4.68 Å². The molecule has 1 aliphatic heterocycles. The molecule has 3 atom stereocenters. The van der Waals surface area contributed by atoms with Crippen molar-refractivity contribution in [2.24, 2.45) is 0 Å². The zero-order valence-electron chi connectivity index (χ0n) is 26.8. The molecule has 13 heteroatoms. The molecule has 2 aromatic heterocycles. The van der Waals surface area contributed by atoms with Crippen LogP contribution in [0.5, 0.6) is 5.75 Å². The van der Waals surface area contributed by atoms with Crippen molar-refractivity contribution in [3.05, 3.63) is 30.6 Å². The zero-order valence-corrected chi connectivity index (χ0v) is 28.6. The van der Waals surface area contributed by atoms with Crippen molar-refractivity contribution < 1.29 is 31.2 Å². The molecule has 43 heavy (non-hydrogen) atoms. The number of hydrogen-bond donors (Lipinski definition) is 0. The van der Waals surface area contributed by atoms with Crippen molar-refractivity contribution in [2.75, 3.05) is 39.3 Å². The Bertz CT molecular complexity index is 1460. The van der Waals surface area contributed by atoms with E-state index in [-0.39, 0.29) is 23.9 Å². The van der Waals surface area contributed by atoms with Gasteiger partial charge >= 0.3 is 0 Å². The summed E-state index contributed by atoms with van der Waals surface area (Å²) in [5.41, 5.74) is 2.78. The number of rotatable bonds is 14. The van der Waals surface area contributed by atoms with Gasteiger partial charge in [0, 0.05) is 23.8 Å². The fourth-order valence-corrected chi connectivity index (χ4v) is 6.38. The number of hydrogen-bond acceptors (Lipinski definition) is 9. The second-order valence-corrected chi connectivity index (χ2v) is 19.3. The molecule has 0 amide bonds. The molecule has 240 valence electrons. The van der Waals surface area contributed by atoms with Crippen molar-refractivity contribution in [3.63, 3.8) is 0 Å². The normalized spacial score (nSPS) is 18.2. The Morgan fingerprint density at radius 3 is 2.49 bits per heavy atom. The largest absolute Gasteiger partial charge is 0.543 e. The van der Waals surface area contributed by atoms with Gasteiger partial charge in [-0.2, -0.15) is 18.6 Å². The van der Waals surface area contributed by atoms with E-state index < -0.39 is 24.5 Å².